The van der Waals surface area contributed by atoms with Crippen molar-refractivity contribution in [2.75, 3.05) is 11.9 Å². The molecule has 0 saturated heterocycles. The molecule has 5 rings (SSSR count). The first-order valence-corrected chi connectivity index (χ1v) is 11.0. The number of nitrogens with zero attached hydrogens (tertiary/aromatic N) is 3. The van der Waals surface area contributed by atoms with Crippen molar-refractivity contribution in [3.63, 3.8) is 0 Å². The molecule has 34 heavy (non-hydrogen) atoms. The van der Waals surface area contributed by atoms with Gasteiger partial charge in [-0.2, -0.15) is 5.10 Å². The Morgan fingerprint density at radius 2 is 1.76 bits per heavy atom. The number of rotatable bonds is 6. The summed E-state index contributed by atoms with van der Waals surface area (Å²) in [6.45, 7) is 2.51. The summed E-state index contributed by atoms with van der Waals surface area (Å²) in [6, 6.07) is 23.7. The summed E-state index contributed by atoms with van der Waals surface area (Å²) in [5, 5.41) is 19.0. The summed E-state index contributed by atoms with van der Waals surface area (Å²) >= 11 is 0. The van der Waals surface area contributed by atoms with Gasteiger partial charge in [0.2, 0.25) is 5.91 Å². The monoisotopic (exact) mass is 454 g/mol. The van der Waals surface area contributed by atoms with Crippen LogP contribution in [0.15, 0.2) is 78.9 Å². The Balaban J connectivity index is 1.68. The highest BCUT2D eigenvalue weighted by atomic mass is 16.6. The fourth-order valence-corrected chi connectivity index (χ4v) is 4.31. The van der Waals surface area contributed by atoms with E-state index in [1.54, 1.807) is 16.8 Å². The molecular formula is C26H22N4O4. The number of carbonyl (C=O) groups excluding carboxylic acids is 1. The van der Waals surface area contributed by atoms with Crippen molar-refractivity contribution < 1.29 is 14.5 Å². The highest BCUT2D eigenvalue weighted by Crippen LogP contribution is 2.44. The number of carbonyl (C=O) groups is 1. The van der Waals surface area contributed by atoms with Crippen molar-refractivity contribution in [1.29, 1.82) is 0 Å². The predicted octanol–water partition coefficient (Wildman–Crippen LogP) is 5.32. The SMILES string of the molecule is CCOc1ccc(C2CC(=O)Nc3c2c(-c2ccccc2)nn3-c2ccc([N+](=O)[O-])cc2)cc1. The quantitative estimate of drug-likeness (QED) is 0.314. The molecule has 8 nitrogen and oxygen atoms in total. The molecular weight excluding hydrogens is 432 g/mol. The number of non-ortho nitro benzene ring substituents is 1. The van der Waals surface area contributed by atoms with Gasteiger partial charge in [0.15, 0.2) is 0 Å². The van der Waals surface area contributed by atoms with Gasteiger partial charge in [0.05, 0.1) is 22.9 Å². The van der Waals surface area contributed by atoms with Gasteiger partial charge in [-0.25, -0.2) is 4.68 Å². The fraction of sp³-hybridized carbons (Fsp3) is 0.154. The van der Waals surface area contributed by atoms with Crippen LogP contribution in [-0.4, -0.2) is 27.2 Å². The van der Waals surface area contributed by atoms with Crippen LogP contribution in [0.1, 0.15) is 30.4 Å². The van der Waals surface area contributed by atoms with E-state index >= 15 is 0 Å². The molecule has 4 aromatic rings. The van der Waals surface area contributed by atoms with Crippen LogP contribution in [0.25, 0.3) is 16.9 Å². The number of aromatic nitrogens is 2. The molecule has 170 valence electrons. The van der Waals surface area contributed by atoms with Gasteiger partial charge in [-0.15, -0.1) is 0 Å². The van der Waals surface area contributed by atoms with Gasteiger partial charge in [-0.05, 0) is 36.8 Å². The Labute approximate surface area is 196 Å². The molecule has 1 atom stereocenters. The maximum absolute atomic E-state index is 12.8. The van der Waals surface area contributed by atoms with E-state index in [1.165, 1.54) is 12.1 Å². The zero-order valence-electron chi connectivity index (χ0n) is 18.5. The number of amides is 1. The number of ether oxygens (including phenoxy) is 1. The number of nitrogens with one attached hydrogen (secondary N) is 1. The molecule has 1 unspecified atom stereocenters. The average Bonchev–Trinajstić information content (AvgIpc) is 3.24. The minimum absolute atomic E-state index is 0.00985. The maximum atomic E-state index is 12.8. The second-order valence-electron chi connectivity index (χ2n) is 7.97. The molecule has 0 saturated carbocycles. The van der Waals surface area contributed by atoms with E-state index in [0.29, 0.717) is 18.1 Å². The van der Waals surface area contributed by atoms with Crippen molar-refractivity contribution in [1.82, 2.24) is 9.78 Å². The molecule has 8 heteroatoms. The van der Waals surface area contributed by atoms with Crippen LogP contribution >= 0.6 is 0 Å². The number of anilines is 1. The molecule has 2 heterocycles. The number of nitro groups is 1. The van der Waals surface area contributed by atoms with Crippen LogP contribution in [0.2, 0.25) is 0 Å². The summed E-state index contributed by atoms with van der Waals surface area (Å²) in [5.74, 6) is 1.02. The Morgan fingerprint density at radius 3 is 2.41 bits per heavy atom. The molecule has 0 fully saturated rings. The molecule has 0 spiro atoms. The van der Waals surface area contributed by atoms with Crippen LogP contribution < -0.4 is 10.1 Å². The molecule has 3 aromatic carbocycles. The first-order chi connectivity index (χ1) is 16.5. The summed E-state index contributed by atoms with van der Waals surface area (Å²) in [4.78, 5) is 23.4. The van der Waals surface area contributed by atoms with Crippen molar-refractivity contribution in [3.8, 4) is 22.7 Å². The van der Waals surface area contributed by atoms with Crippen LogP contribution in [0.5, 0.6) is 5.75 Å². The first-order valence-electron chi connectivity index (χ1n) is 11.0. The predicted molar refractivity (Wildman–Crippen MR) is 128 cm³/mol. The Kier molecular flexibility index (Phi) is 5.55. The van der Waals surface area contributed by atoms with E-state index < -0.39 is 4.92 Å². The number of hydrogen-bond donors (Lipinski definition) is 1. The Hall–Kier alpha value is -4.46. The van der Waals surface area contributed by atoms with Crippen molar-refractivity contribution in [2.45, 2.75) is 19.3 Å². The first kappa shape index (κ1) is 21.4. The molecule has 0 radical (unpaired) electrons. The summed E-state index contributed by atoms with van der Waals surface area (Å²) < 4.78 is 7.23. The minimum atomic E-state index is -0.443. The normalized spacial score (nSPS) is 14.9. The van der Waals surface area contributed by atoms with Crippen molar-refractivity contribution >= 4 is 17.4 Å². The van der Waals surface area contributed by atoms with E-state index in [0.717, 1.165) is 28.1 Å². The third kappa shape index (κ3) is 3.90. The number of nitro benzene ring substituents is 1. The van der Waals surface area contributed by atoms with Crippen LogP contribution in [0.3, 0.4) is 0 Å². The smallest absolute Gasteiger partial charge is 0.269 e. The second kappa shape index (κ2) is 8.82. The third-order valence-electron chi connectivity index (χ3n) is 5.86. The number of fused-ring (bicyclic) bond motifs is 1. The highest BCUT2D eigenvalue weighted by molar-refractivity contribution is 5.96. The molecule has 1 aliphatic rings. The molecule has 1 aromatic heterocycles. The minimum Gasteiger partial charge on any atom is -0.494 e. The van der Waals surface area contributed by atoms with Crippen molar-refractivity contribution in [3.05, 3.63) is 100 Å². The zero-order chi connectivity index (χ0) is 23.7. The Morgan fingerprint density at radius 1 is 1.06 bits per heavy atom. The van der Waals surface area contributed by atoms with Gasteiger partial charge in [0.25, 0.3) is 5.69 Å². The molecule has 0 bridgehead atoms. The highest BCUT2D eigenvalue weighted by Gasteiger charge is 2.34. The Bertz CT molecular complexity index is 1350. The maximum Gasteiger partial charge on any atom is 0.269 e. The summed E-state index contributed by atoms with van der Waals surface area (Å²) in [5.41, 5.74) is 4.19. The lowest BCUT2D eigenvalue weighted by Crippen LogP contribution is -2.24. The van der Waals surface area contributed by atoms with Crippen LogP contribution in [0, 0.1) is 10.1 Å². The largest absolute Gasteiger partial charge is 0.494 e. The van der Waals surface area contributed by atoms with Crippen LogP contribution in [-0.2, 0) is 4.79 Å². The lowest BCUT2D eigenvalue weighted by Gasteiger charge is -2.25. The molecule has 1 N–H and O–H groups in total. The van der Waals surface area contributed by atoms with E-state index in [4.69, 9.17) is 9.84 Å². The van der Waals surface area contributed by atoms with Gasteiger partial charge in [-0.3, -0.25) is 14.9 Å². The van der Waals surface area contributed by atoms with Crippen molar-refractivity contribution in [2.24, 2.45) is 0 Å². The lowest BCUT2D eigenvalue weighted by atomic mass is 9.84. The molecule has 1 amide bonds. The molecule has 0 aliphatic carbocycles. The van der Waals surface area contributed by atoms with Gasteiger partial charge >= 0.3 is 0 Å². The number of hydrogen-bond acceptors (Lipinski definition) is 5. The second-order valence-corrected chi connectivity index (χ2v) is 7.97. The van der Waals surface area contributed by atoms with Gasteiger partial charge < -0.3 is 10.1 Å². The topological polar surface area (TPSA) is 99.3 Å². The third-order valence-corrected chi connectivity index (χ3v) is 5.86. The zero-order valence-corrected chi connectivity index (χ0v) is 18.5. The van der Waals surface area contributed by atoms with E-state index in [2.05, 4.69) is 5.32 Å². The fourth-order valence-electron chi connectivity index (χ4n) is 4.31. The van der Waals surface area contributed by atoms with Gasteiger partial charge in [0, 0.05) is 35.6 Å². The summed E-state index contributed by atoms with van der Waals surface area (Å²) in [6.07, 6.45) is 0.284. The number of benzene rings is 3. The lowest BCUT2D eigenvalue weighted by molar-refractivity contribution is -0.384. The average molecular weight is 454 g/mol. The van der Waals surface area contributed by atoms with Gasteiger partial charge in [-0.1, -0.05) is 42.5 Å². The standard InChI is InChI=1S/C26H22N4O4/c1-2-34-21-14-8-17(9-15-21)22-16-23(31)27-26-24(22)25(18-6-4-3-5-7-18)28-29(26)19-10-12-20(13-11-19)30(32)33/h3-15,22H,2,16H2,1H3,(H,27,31). The van der Waals surface area contributed by atoms with Gasteiger partial charge in [0.1, 0.15) is 11.6 Å². The summed E-state index contributed by atoms with van der Waals surface area (Å²) in [7, 11) is 0. The van der Waals surface area contributed by atoms with E-state index in [1.807, 2.05) is 61.5 Å². The van der Waals surface area contributed by atoms with E-state index in [-0.39, 0.29) is 23.9 Å². The van der Waals surface area contributed by atoms with Crippen LogP contribution in [0.4, 0.5) is 11.5 Å². The van der Waals surface area contributed by atoms with E-state index in [9.17, 15) is 14.9 Å². The molecule has 1 aliphatic heterocycles.